The summed E-state index contributed by atoms with van der Waals surface area (Å²) in [5.41, 5.74) is 7.18. The average Bonchev–Trinajstić information content (AvgIpc) is 3.02. The molecule has 0 N–H and O–H groups in total. The molecule has 2 aromatic heterocycles. The zero-order valence-electron chi connectivity index (χ0n) is 17.7. The van der Waals surface area contributed by atoms with Gasteiger partial charge in [-0.25, -0.2) is 0 Å². The number of rotatable bonds is 1. The first kappa shape index (κ1) is 17.5. The van der Waals surface area contributed by atoms with Crippen LogP contribution in [0.15, 0.2) is 35.1 Å². The smallest absolute Gasteiger partial charge is 0.257 e. The molecule has 0 saturated carbocycles. The SMILES string of the molecule is Cc1cc2c3c(c(C)c(C)cc3c1)-c1c(c3c([Si](C)(C)C)coc3c[n+]1C)O2. The molecule has 0 unspecified atom stereocenters. The van der Waals surface area contributed by atoms with Crippen LogP contribution in [0.5, 0.6) is 11.5 Å². The summed E-state index contributed by atoms with van der Waals surface area (Å²) in [6.07, 6.45) is 4.05. The molecule has 3 nitrogen and oxygen atoms in total. The molecule has 142 valence electrons. The molecule has 1 aliphatic rings. The summed E-state index contributed by atoms with van der Waals surface area (Å²) in [4.78, 5) is 0. The minimum absolute atomic E-state index is 0.899. The molecule has 0 aliphatic carbocycles. The summed E-state index contributed by atoms with van der Waals surface area (Å²) >= 11 is 0. The van der Waals surface area contributed by atoms with Crippen molar-refractivity contribution in [2.75, 3.05) is 0 Å². The fraction of sp³-hybridized carbons (Fsp3) is 0.292. The van der Waals surface area contributed by atoms with Crippen LogP contribution in [0.25, 0.3) is 33.0 Å². The zero-order valence-corrected chi connectivity index (χ0v) is 18.7. The Kier molecular flexibility index (Phi) is 3.42. The maximum Gasteiger partial charge on any atom is 0.257 e. The van der Waals surface area contributed by atoms with Gasteiger partial charge in [0.1, 0.15) is 12.8 Å². The van der Waals surface area contributed by atoms with E-state index in [1.807, 2.05) is 6.26 Å². The molecule has 1 aliphatic heterocycles. The van der Waals surface area contributed by atoms with E-state index in [0.29, 0.717) is 0 Å². The second kappa shape index (κ2) is 5.48. The van der Waals surface area contributed by atoms with Crippen LogP contribution in [-0.4, -0.2) is 8.07 Å². The van der Waals surface area contributed by atoms with Gasteiger partial charge in [0, 0.05) is 5.39 Å². The highest BCUT2D eigenvalue weighted by Crippen LogP contribution is 2.49. The zero-order chi connectivity index (χ0) is 20.0. The highest BCUT2D eigenvalue weighted by molar-refractivity contribution is 6.90. The summed E-state index contributed by atoms with van der Waals surface area (Å²) in [6, 6.07) is 6.70. The third-order valence-corrected chi connectivity index (χ3v) is 8.03. The van der Waals surface area contributed by atoms with Crippen LogP contribution in [0.1, 0.15) is 16.7 Å². The molecular formula is C24H26NO2Si+. The van der Waals surface area contributed by atoms with Crippen molar-refractivity contribution in [2.45, 2.75) is 40.4 Å². The van der Waals surface area contributed by atoms with Gasteiger partial charge in [0.05, 0.1) is 25.3 Å². The summed E-state index contributed by atoms with van der Waals surface area (Å²) in [5.74, 6) is 1.90. The van der Waals surface area contributed by atoms with Crippen LogP contribution in [0.3, 0.4) is 0 Å². The quantitative estimate of drug-likeness (QED) is 0.274. The van der Waals surface area contributed by atoms with E-state index in [9.17, 15) is 0 Å². The van der Waals surface area contributed by atoms with Gasteiger partial charge in [0.15, 0.2) is 0 Å². The number of nitrogens with zero attached hydrogens (tertiary/aromatic N) is 1. The Bertz CT molecular complexity index is 1310. The molecule has 0 fully saturated rings. The van der Waals surface area contributed by atoms with E-state index in [4.69, 9.17) is 9.15 Å². The molecule has 4 heteroatoms. The van der Waals surface area contributed by atoms with Gasteiger partial charge >= 0.3 is 0 Å². The first-order chi connectivity index (χ1) is 13.2. The highest BCUT2D eigenvalue weighted by Gasteiger charge is 2.35. The molecule has 0 spiro atoms. The summed E-state index contributed by atoms with van der Waals surface area (Å²) in [7, 11) is 0.494. The van der Waals surface area contributed by atoms with Crippen LogP contribution in [0.2, 0.25) is 19.6 Å². The van der Waals surface area contributed by atoms with Crippen LogP contribution in [-0.2, 0) is 7.05 Å². The molecular weight excluding hydrogens is 362 g/mol. The highest BCUT2D eigenvalue weighted by atomic mass is 28.3. The monoisotopic (exact) mass is 388 g/mol. The topological polar surface area (TPSA) is 26.2 Å². The van der Waals surface area contributed by atoms with Gasteiger partial charge in [-0.3, -0.25) is 0 Å². The lowest BCUT2D eigenvalue weighted by Gasteiger charge is -2.24. The van der Waals surface area contributed by atoms with E-state index in [-0.39, 0.29) is 0 Å². The Morgan fingerprint density at radius 3 is 2.43 bits per heavy atom. The molecule has 0 saturated heterocycles. The lowest BCUT2D eigenvalue weighted by Crippen LogP contribution is -2.38. The summed E-state index contributed by atoms with van der Waals surface area (Å²) in [5, 5.41) is 4.93. The Hall–Kier alpha value is -2.59. The van der Waals surface area contributed by atoms with E-state index in [1.54, 1.807) is 0 Å². The van der Waals surface area contributed by atoms with Crippen molar-refractivity contribution in [1.29, 1.82) is 0 Å². The van der Waals surface area contributed by atoms with E-state index >= 15 is 0 Å². The third-order valence-electron chi connectivity index (χ3n) is 6.05. The Morgan fingerprint density at radius 1 is 0.964 bits per heavy atom. The Morgan fingerprint density at radius 2 is 1.71 bits per heavy atom. The molecule has 4 aromatic rings. The van der Waals surface area contributed by atoms with Crippen LogP contribution in [0.4, 0.5) is 0 Å². The molecule has 0 amide bonds. The van der Waals surface area contributed by atoms with Crippen molar-refractivity contribution in [3.63, 3.8) is 0 Å². The first-order valence-corrected chi connectivity index (χ1v) is 13.3. The van der Waals surface area contributed by atoms with Gasteiger partial charge in [-0.2, -0.15) is 4.57 Å². The van der Waals surface area contributed by atoms with Gasteiger partial charge in [0.2, 0.25) is 17.5 Å². The van der Waals surface area contributed by atoms with E-state index in [2.05, 4.69) is 76.4 Å². The second-order valence-electron chi connectivity index (χ2n) is 9.21. The normalized spacial score (nSPS) is 13.1. The molecule has 3 heterocycles. The molecule has 5 rings (SSSR count). The fourth-order valence-corrected chi connectivity index (χ4v) is 5.94. The van der Waals surface area contributed by atoms with E-state index in [0.717, 1.165) is 28.2 Å². The number of benzene rings is 2. The second-order valence-corrected chi connectivity index (χ2v) is 14.3. The number of aromatic nitrogens is 1. The lowest BCUT2D eigenvalue weighted by molar-refractivity contribution is -0.659. The van der Waals surface area contributed by atoms with Crippen molar-refractivity contribution < 1.29 is 13.7 Å². The van der Waals surface area contributed by atoms with E-state index in [1.165, 1.54) is 38.2 Å². The van der Waals surface area contributed by atoms with Crippen LogP contribution >= 0.6 is 0 Å². The lowest BCUT2D eigenvalue weighted by atomic mass is 9.89. The van der Waals surface area contributed by atoms with Gasteiger partial charge in [-0.15, -0.1) is 0 Å². The van der Waals surface area contributed by atoms with Gasteiger partial charge in [0.25, 0.3) is 5.69 Å². The maximum absolute atomic E-state index is 6.65. The minimum atomic E-state index is -1.59. The largest absolute Gasteiger partial charge is 0.458 e. The van der Waals surface area contributed by atoms with Gasteiger partial charge < -0.3 is 9.15 Å². The van der Waals surface area contributed by atoms with Crippen molar-refractivity contribution >= 4 is 35.0 Å². The number of aryl methyl sites for hydroxylation is 3. The maximum atomic E-state index is 6.65. The van der Waals surface area contributed by atoms with Crippen molar-refractivity contribution in [2.24, 2.45) is 7.05 Å². The fourth-order valence-electron chi connectivity index (χ4n) is 4.54. The molecule has 28 heavy (non-hydrogen) atoms. The van der Waals surface area contributed by atoms with Gasteiger partial charge in [-0.05, 0) is 54.1 Å². The number of ether oxygens (including phenoxy) is 1. The molecule has 0 bridgehead atoms. The Balaban J connectivity index is 2.02. The third kappa shape index (κ3) is 2.24. The van der Waals surface area contributed by atoms with Crippen molar-refractivity contribution in [3.8, 4) is 22.8 Å². The first-order valence-electron chi connectivity index (χ1n) is 9.84. The summed E-state index contributed by atoms with van der Waals surface area (Å²) < 4.78 is 14.8. The Labute approximate surface area is 166 Å². The molecule has 2 aromatic carbocycles. The number of hydrogen-bond donors (Lipinski definition) is 0. The number of hydrogen-bond acceptors (Lipinski definition) is 2. The summed E-state index contributed by atoms with van der Waals surface area (Å²) in [6.45, 7) is 13.6. The van der Waals surface area contributed by atoms with Crippen molar-refractivity contribution in [3.05, 3.63) is 47.3 Å². The van der Waals surface area contributed by atoms with E-state index < -0.39 is 8.07 Å². The predicted molar refractivity (Wildman–Crippen MR) is 118 cm³/mol. The van der Waals surface area contributed by atoms with Crippen molar-refractivity contribution in [1.82, 2.24) is 0 Å². The van der Waals surface area contributed by atoms with Crippen LogP contribution < -0.4 is 14.5 Å². The van der Waals surface area contributed by atoms with Gasteiger partial charge in [-0.1, -0.05) is 31.8 Å². The molecule has 0 radical (unpaired) electrons. The van der Waals surface area contributed by atoms with Crippen LogP contribution in [0, 0.1) is 20.8 Å². The predicted octanol–water partition coefficient (Wildman–Crippen LogP) is 5.65. The molecule has 0 atom stereocenters. The standard InChI is InChI=1S/C24H26NO2Si/c1-13-8-16-10-14(2)15(3)20-21(16)17(9-13)27-24-22-18(11-25(4)23(20)24)26-12-19(22)28(5,6)7/h8-12H,1-7H3/q+1. The number of furan rings is 1. The minimum Gasteiger partial charge on any atom is -0.458 e. The number of pyridine rings is 1. The number of fused-ring (bicyclic) bond motifs is 4. The average molecular weight is 389 g/mol.